The first-order chi connectivity index (χ1) is 9.63. The van der Waals surface area contributed by atoms with Crippen molar-refractivity contribution in [2.75, 3.05) is 0 Å². The van der Waals surface area contributed by atoms with Gasteiger partial charge in [-0.1, -0.05) is 13.8 Å². The smallest absolute Gasteiger partial charge is 0.0947 e. The van der Waals surface area contributed by atoms with E-state index in [9.17, 15) is 0 Å². The number of nitrogens with one attached hydrogen (secondary N) is 2. The Labute approximate surface area is 125 Å². The van der Waals surface area contributed by atoms with E-state index in [0.29, 0.717) is 12.1 Å². The summed E-state index contributed by atoms with van der Waals surface area (Å²) in [6.45, 7) is 8.42. The van der Waals surface area contributed by atoms with E-state index in [-0.39, 0.29) is 0 Å². The predicted octanol–water partition coefficient (Wildman–Crippen LogP) is 3.56. The molecule has 0 radical (unpaired) electrons. The highest BCUT2D eigenvalue weighted by molar-refractivity contribution is 7.10. The van der Waals surface area contributed by atoms with Crippen LogP contribution in [0.5, 0.6) is 0 Å². The van der Waals surface area contributed by atoms with Crippen LogP contribution in [0.15, 0.2) is 34.5 Å². The lowest BCUT2D eigenvalue weighted by Crippen LogP contribution is -2.27. The molecule has 0 fully saturated rings. The highest BCUT2D eigenvalue weighted by Crippen LogP contribution is 2.16. The van der Waals surface area contributed by atoms with Gasteiger partial charge >= 0.3 is 0 Å². The summed E-state index contributed by atoms with van der Waals surface area (Å²) in [5, 5.41) is 9.25. The van der Waals surface area contributed by atoms with Gasteiger partial charge in [0.1, 0.15) is 0 Å². The minimum Gasteiger partial charge on any atom is -0.472 e. The van der Waals surface area contributed by atoms with Gasteiger partial charge in [0.25, 0.3) is 0 Å². The number of rotatable bonds is 8. The molecule has 0 aliphatic rings. The monoisotopic (exact) mass is 292 g/mol. The van der Waals surface area contributed by atoms with Crippen LogP contribution in [-0.2, 0) is 19.5 Å². The van der Waals surface area contributed by atoms with Gasteiger partial charge in [-0.3, -0.25) is 0 Å². The van der Waals surface area contributed by atoms with Gasteiger partial charge in [-0.25, -0.2) is 0 Å². The summed E-state index contributed by atoms with van der Waals surface area (Å²) < 4.78 is 5.07. The third-order valence-corrected chi connectivity index (χ3v) is 4.15. The second-order valence-corrected chi connectivity index (χ2v) is 6.57. The average molecular weight is 292 g/mol. The lowest BCUT2D eigenvalue weighted by molar-refractivity contribution is 0.532. The minimum absolute atomic E-state index is 0.463. The van der Waals surface area contributed by atoms with E-state index in [1.54, 1.807) is 12.5 Å². The van der Waals surface area contributed by atoms with Crippen LogP contribution in [0, 0.1) is 0 Å². The number of furan rings is 1. The van der Waals surface area contributed by atoms with Crippen molar-refractivity contribution in [2.45, 2.75) is 52.4 Å². The molecule has 0 aromatic carbocycles. The van der Waals surface area contributed by atoms with E-state index in [4.69, 9.17) is 4.42 Å². The van der Waals surface area contributed by atoms with Crippen molar-refractivity contribution in [3.8, 4) is 0 Å². The van der Waals surface area contributed by atoms with Gasteiger partial charge < -0.3 is 15.1 Å². The van der Waals surface area contributed by atoms with Crippen LogP contribution in [-0.4, -0.2) is 12.1 Å². The topological polar surface area (TPSA) is 37.2 Å². The molecule has 110 valence electrons. The number of thiophene rings is 1. The molecule has 3 nitrogen and oxygen atoms in total. The molecule has 0 spiro atoms. The van der Waals surface area contributed by atoms with Crippen LogP contribution in [0.1, 0.15) is 36.8 Å². The quantitative estimate of drug-likeness (QED) is 0.781. The number of hydrogen-bond acceptors (Lipinski definition) is 4. The van der Waals surface area contributed by atoms with Crippen LogP contribution < -0.4 is 10.6 Å². The molecule has 20 heavy (non-hydrogen) atoms. The van der Waals surface area contributed by atoms with E-state index >= 15 is 0 Å². The zero-order chi connectivity index (χ0) is 14.4. The van der Waals surface area contributed by atoms with E-state index < -0.39 is 0 Å². The molecule has 0 bridgehead atoms. The van der Waals surface area contributed by atoms with Crippen molar-refractivity contribution < 1.29 is 4.42 Å². The summed E-state index contributed by atoms with van der Waals surface area (Å²) in [7, 11) is 0. The van der Waals surface area contributed by atoms with Crippen LogP contribution >= 0.6 is 11.3 Å². The minimum atomic E-state index is 0.463. The summed E-state index contributed by atoms with van der Waals surface area (Å²) in [4.78, 5) is 1.41. The molecule has 4 heteroatoms. The molecule has 2 N–H and O–H groups in total. The Hall–Kier alpha value is -1.10. The molecule has 0 saturated heterocycles. The van der Waals surface area contributed by atoms with E-state index in [1.165, 1.54) is 16.0 Å². The zero-order valence-electron chi connectivity index (χ0n) is 12.5. The van der Waals surface area contributed by atoms with Crippen molar-refractivity contribution in [3.63, 3.8) is 0 Å². The van der Waals surface area contributed by atoms with Gasteiger partial charge in [-0.05, 0) is 36.4 Å². The molecule has 1 atom stereocenters. The maximum Gasteiger partial charge on any atom is 0.0947 e. The molecule has 2 rings (SSSR count). The maximum atomic E-state index is 5.07. The van der Waals surface area contributed by atoms with Crippen LogP contribution in [0.3, 0.4) is 0 Å². The fraction of sp³-hybridized carbons (Fsp3) is 0.500. The molecule has 2 heterocycles. The summed E-state index contributed by atoms with van der Waals surface area (Å²) in [5.74, 6) is 0. The summed E-state index contributed by atoms with van der Waals surface area (Å²) in [6.07, 6.45) is 4.57. The van der Waals surface area contributed by atoms with Gasteiger partial charge in [0.15, 0.2) is 0 Å². The molecule has 2 aromatic heterocycles. The molecule has 0 aliphatic carbocycles. The van der Waals surface area contributed by atoms with E-state index in [0.717, 1.165) is 19.5 Å². The molecule has 2 aromatic rings. The third kappa shape index (κ3) is 5.12. The maximum absolute atomic E-state index is 5.07. The van der Waals surface area contributed by atoms with E-state index in [1.807, 2.05) is 17.4 Å². The van der Waals surface area contributed by atoms with Crippen molar-refractivity contribution >= 4 is 11.3 Å². The molecule has 1 unspecified atom stereocenters. The van der Waals surface area contributed by atoms with Gasteiger partial charge in [0, 0.05) is 35.6 Å². The zero-order valence-corrected chi connectivity index (χ0v) is 13.3. The third-order valence-electron chi connectivity index (χ3n) is 3.17. The Bertz CT molecular complexity index is 490. The SMILES string of the molecule is CC(C)NCc1cc(CC(C)NCc2ccoc2)cs1. The summed E-state index contributed by atoms with van der Waals surface area (Å²) in [5.41, 5.74) is 2.62. The van der Waals surface area contributed by atoms with Gasteiger partial charge in [0.2, 0.25) is 0 Å². The molecular formula is C16H24N2OS. The van der Waals surface area contributed by atoms with Crippen molar-refractivity contribution in [2.24, 2.45) is 0 Å². The summed E-state index contributed by atoms with van der Waals surface area (Å²) in [6, 6.07) is 5.32. The normalized spacial score (nSPS) is 13.0. The molecule has 0 amide bonds. The molecule has 0 saturated carbocycles. The average Bonchev–Trinajstić information content (AvgIpc) is 3.05. The highest BCUT2D eigenvalue weighted by atomic mass is 32.1. The van der Waals surface area contributed by atoms with Gasteiger partial charge in [-0.15, -0.1) is 11.3 Å². The Morgan fingerprint density at radius 3 is 2.70 bits per heavy atom. The van der Waals surface area contributed by atoms with Crippen LogP contribution in [0.4, 0.5) is 0 Å². The lowest BCUT2D eigenvalue weighted by Gasteiger charge is -2.12. The Morgan fingerprint density at radius 2 is 2.00 bits per heavy atom. The fourth-order valence-electron chi connectivity index (χ4n) is 2.04. The van der Waals surface area contributed by atoms with Gasteiger partial charge in [-0.2, -0.15) is 0 Å². The van der Waals surface area contributed by atoms with Crippen molar-refractivity contribution in [1.29, 1.82) is 0 Å². The predicted molar refractivity (Wildman–Crippen MR) is 85.0 cm³/mol. The Kier molecular flexibility index (Phi) is 5.83. The Morgan fingerprint density at radius 1 is 1.15 bits per heavy atom. The van der Waals surface area contributed by atoms with Crippen LogP contribution in [0.25, 0.3) is 0 Å². The highest BCUT2D eigenvalue weighted by Gasteiger charge is 2.06. The second kappa shape index (κ2) is 7.62. The first-order valence-corrected chi connectivity index (χ1v) is 8.05. The van der Waals surface area contributed by atoms with Crippen molar-refractivity contribution in [3.05, 3.63) is 46.0 Å². The first-order valence-electron chi connectivity index (χ1n) is 7.17. The molecular weight excluding hydrogens is 268 g/mol. The summed E-state index contributed by atoms with van der Waals surface area (Å²) >= 11 is 1.84. The van der Waals surface area contributed by atoms with Crippen LogP contribution in [0.2, 0.25) is 0 Å². The fourth-order valence-corrected chi connectivity index (χ4v) is 2.89. The second-order valence-electron chi connectivity index (χ2n) is 5.57. The van der Waals surface area contributed by atoms with Gasteiger partial charge in [0.05, 0.1) is 12.5 Å². The Balaban J connectivity index is 1.74. The lowest BCUT2D eigenvalue weighted by atomic mass is 10.1. The molecule has 0 aliphatic heterocycles. The number of hydrogen-bond donors (Lipinski definition) is 2. The van der Waals surface area contributed by atoms with Crippen molar-refractivity contribution in [1.82, 2.24) is 10.6 Å². The van der Waals surface area contributed by atoms with E-state index in [2.05, 4.69) is 42.9 Å². The standard InChI is InChI=1S/C16H24N2OS/c1-12(2)17-9-16-7-15(11-20-16)6-13(3)18-8-14-4-5-19-10-14/h4-5,7,10-13,17-18H,6,8-9H2,1-3H3. The first kappa shape index (κ1) is 15.3. The largest absolute Gasteiger partial charge is 0.472 e.